The molecule has 14 heteroatoms. The molecule has 0 aliphatic heterocycles. The van der Waals surface area contributed by atoms with Crippen molar-refractivity contribution in [1.29, 1.82) is 0 Å². The van der Waals surface area contributed by atoms with Crippen molar-refractivity contribution in [2.45, 2.75) is 25.4 Å². The lowest BCUT2D eigenvalue weighted by Gasteiger charge is -2.18. The van der Waals surface area contributed by atoms with E-state index in [-0.39, 0.29) is 35.6 Å². The third-order valence-electron chi connectivity index (χ3n) is 4.48. The van der Waals surface area contributed by atoms with E-state index in [1.54, 1.807) is 12.1 Å². The molecule has 3 rings (SSSR count). The van der Waals surface area contributed by atoms with E-state index in [4.69, 9.17) is 15.9 Å². The zero-order valence-corrected chi connectivity index (χ0v) is 17.8. The Kier molecular flexibility index (Phi) is 7.07. The number of hydrogen-bond acceptors (Lipinski definition) is 10. The number of carboxylic acids is 2. The van der Waals surface area contributed by atoms with Crippen molar-refractivity contribution < 1.29 is 24.6 Å². The molecular formula is C19H19N7O6S. The van der Waals surface area contributed by atoms with Gasteiger partial charge in [-0.05, 0) is 30.7 Å². The lowest BCUT2D eigenvalue weighted by atomic mass is 10.1. The molecule has 0 aliphatic rings. The number of carboxylic acid groups (broad SMARTS) is 2. The number of thiol groups is 1. The van der Waals surface area contributed by atoms with Gasteiger partial charge in [0.05, 0.1) is 18.4 Å². The van der Waals surface area contributed by atoms with Crippen LogP contribution in [0.4, 0.5) is 11.6 Å². The largest absolute Gasteiger partial charge is 0.481 e. The Bertz CT molecular complexity index is 1260. The first kappa shape index (κ1) is 23.5. The minimum atomic E-state index is -1.32. The number of nitrogen functional groups attached to an aromatic ring is 1. The molecule has 6 N–H and O–H groups in total. The first-order chi connectivity index (χ1) is 15.6. The molecular weight excluding hydrogens is 454 g/mol. The monoisotopic (exact) mass is 473 g/mol. The summed E-state index contributed by atoms with van der Waals surface area (Å²) in [5.74, 6) is -3.20. The molecule has 0 fully saturated rings. The fourth-order valence-electron chi connectivity index (χ4n) is 2.84. The van der Waals surface area contributed by atoms with Crippen LogP contribution < -0.4 is 20.9 Å². The second-order valence-corrected chi connectivity index (χ2v) is 7.37. The summed E-state index contributed by atoms with van der Waals surface area (Å²) in [5, 5.41) is 20.2. The average Bonchev–Trinajstić information content (AvgIpc) is 2.76. The van der Waals surface area contributed by atoms with Gasteiger partial charge in [0, 0.05) is 17.7 Å². The Morgan fingerprint density at radius 2 is 1.88 bits per heavy atom. The highest BCUT2D eigenvalue weighted by Crippen LogP contribution is 2.20. The van der Waals surface area contributed by atoms with Crippen molar-refractivity contribution >= 4 is 53.5 Å². The molecule has 0 saturated carbocycles. The molecule has 172 valence electrons. The van der Waals surface area contributed by atoms with E-state index in [0.29, 0.717) is 11.4 Å². The van der Waals surface area contributed by atoms with Crippen molar-refractivity contribution in [3.05, 3.63) is 52.1 Å². The molecule has 0 unspecified atom stereocenters. The third kappa shape index (κ3) is 5.94. The van der Waals surface area contributed by atoms with Crippen LogP contribution in [-0.4, -0.2) is 54.0 Å². The van der Waals surface area contributed by atoms with Gasteiger partial charge in [0.1, 0.15) is 6.04 Å². The van der Waals surface area contributed by atoms with Gasteiger partial charge in [-0.2, -0.15) is 4.98 Å². The van der Waals surface area contributed by atoms with E-state index in [1.165, 1.54) is 22.6 Å². The summed E-state index contributed by atoms with van der Waals surface area (Å²) >= 11 is 4.39. The number of benzene rings is 1. The van der Waals surface area contributed by atoms with Crippen molar-refractivity contribution in [1.82, 2.24) is 25.3 Å². The smallest absolute Gasteiger partial charge is 0.326 e. The van der Waals surface area contributed by atoms with Gasteiger partial charge < -0.3 is 25.6 Å². The summed E-state index contributed by atoms with van der Waals surface area (Å²) in [6.07, 6.45) is 0.802. The number of aromatic amines is 1. The zero-order valence-electron chi connectivity index (χ0n) is 16.9. The van der Waals surface area contributed by atoms with Crippen molar-refractivity contribution in [2.24, 2.45) is 0 Å². The minimum absolute atomic E-state index is 0.0336. The van der Waals surface area contributed by atoms with Crippen LogP contribution >= 0.6 is 12.8 Å². The van der Waals surface area contributed by atoms with Crippen molar-refractivity contribution in [3.8, 4) is 0 Å². The number of fused-ring (bicyclic) bond motifs is 1. The standard InChI is InChI=1S/C19H19N7O6S/c20-19-24-15-14(17(30)25-19)22-10(7-21-15)8-26(33)11-3-1-9(2-4-11)16(29)23-12(18(31)32)5-6-13(27)28/h1-4,7,12,33H,5-6,8H2,(H,23,29)(H,27,28)(H,31,32)(H3,20,21,24,25,30)/t12-/m0/s1. The van der Waals surface area contributed by atoms with Gasteiger partial charge in [-0.25, -0.2) is 14.8 Å². The molecule has 0 bridgehead atoms. The number of anilines is 2. The highest BCUT2D eigenvalue weighted by Gasteiger charge is 2.21. The molecule has 2 aromatic heterocycles. The van der Waals surface area contributed by atoms with Gasteiger partial charge in [-0.15, -0.1) is 0 Å². The lowest BCUT2D eigenvalue weighted by molar-refractivity contribution is -0.140. The number of nitrogens with two attached hydrogens (primary N) is 1. The van der Waals surface area contributed by atoms with Crippen molar-refractivity contribution in [3.63, 3.8) is 0 Å². The number of nitrogens with one attached hydrogen (secondary N) is 2. The average molecular weight is 473 g/mol. The molecule has 1 atom stereocenters. The SMILES string of the molecule is Nc1nc2ncc(CN(S)c3ccc(C(=O)N[C@@H](CCC(=O)O)C(=O)O)cc3)nc2c(=O)[nH]1. The second-order valence-electron chi connectivity index (χ2n) is 6.89. The Balaban J connectivity index is 1.68. The summed E-state index contributed by atoms with van der Waals surface area (Å²) in [5.41, 5.74) is 6.31. The fourth-order valence-corrected chi connectivity index (χ4v) is 3.12. The van der Waals surface area contributed by atoms with Gasteiger partial charge in [-0.3, -0.25) is 19.4 Å². The third-order valence-corrected chi connectivity index (χ3v) is 4.85. The van der Waals surface area contributed by atoms with Crippen molar-refractivity contribution in [2.75, 3.05) is 10.0 Å². The number of nitrogens with zero attached hydrogens (tertiary/aromatic N) is 4. The Morgan fingerprint density at radius 3 is 2.52 bits per heavy atom. The quantitative estimate of drug-likeness (QED) is 0.231. The number of aromatic nitrogens is 4. The van der Waals surface area contributed by atoms with E-state index in [1.807, 2.05) is 0 Å². The number of hydrogen-bond donors (Lipinski definition) is 6. The van der Waals surface area contributed by atoms with Crippen LogP contribution in [0.1, 0.15) is 28.9 Å². The fraction of sp³-hybridized carbons (Fsp3) is 0.211. The van der Waals surface area contributed by atoms with Crippen LogP contribution in [0.5, 0.6) is 0 Å². The van der Waals surface area contributed by atoms with Crippen LogP contribution in [0.25, 0.3) is 11.2 Å². The second kappa shape index (κ2) is 9.95. The molecule has 1 amide bonds. The number of rotatable bonds is 9. The normalized spacial score (nSPS) is 11.7. The van der Waals surface area contributed by atoms with Crippen LogP contribution in [0.3, 0.4) is 0 Å². The summed E-state index contributed by atoms with van der Waals surface area (Å²) in [6.45, 7) is 0.164. The maximum atomic E-state index is 12.3. The van der Waals surface area contributed by atoms with E-state index >= 15 is 0 Å². The van der Waals surface area contributed by atoms with Gasteiger partial charge in [0.2, 0.25) is 5.95 Å². The molecule has 1 aromatic carbocycles. The molecule has 0 spiro atoms. The Morgan fingerprint density at radius 1 is 1.18 bits per heavy atom. The van der Waals surface area contributed by atoms with E-state index in [2.05, 4.69) is 38.1 Å². The van der Waals surface area contributed by atoms with Crippen LogP contribution in [0, 0.1) is 0 Å². The highest BCUT2D eigenvalue weighted by atomic mass is 32.1. The Hall–Kier alpha value is -4.20. The zero-order chi connectivity index (χ0) is 24.1. The number of aliphatic carboxylic acids is 2. The first-order valence-corrected chi connectivity index (χ1v) is 9.87. The predicted molar refractivity (Wildman–Crippen MR) is 120 cm³/mol. The number of carbonyl (C=O) groups excluding carboxylic acids is 1. The first-order valence-electron chi connectivity index (χ1n) is 9.47. The summed E-state index contributed by atoms with van der Waals surface area (Å²) in [6, 6.07) is 4.77. The molecule has 2 heterocycles. The minimum Gasteiger partial charge on any atom is -0.481 e. The van der Waals surface area contributed by atoms with Gasteiger partial charge in [0.15, 0.2) is 11.2 Å². The van der Waals surface area contributed by atoms with E-state index < -0.39 is 35.9 Å². The van der Waals surface area contributed by atoms with Gasteiger partial charge in [-0.1, -0.05) is 12.8 Å². The Labute approximate surface area is 191 Å². The molecule has 0 saturated heterocycles. The summed E-state index contributed by atoms with van der Waals surface area (Å²) < 4.78 is 1.50. The van der Waals surface area contributed by atoms with Gasteiger partial charge >= 0.3 is 11.9 Å². The molecule has 0 aliphatic carbocycles. The van der Waals surface area contributed by atoms with Crippen LogP contribution in [0.15, 0.2) is 35.3 Å². The van der Waals surface area contributed by atoms with E-state index in [0.717, 1.165) is 0 Å². The molecule has 13 nitrogen and oxygen atoms in total. The van der Waals surface area contributed by atoms with Gasteiger partial charge in [0.25, 0.3) is 11.5 Å². The molecule has 3 aromatic rings. The number of amides is 1. The topological polar surface area (TPSA) is 204 Å². The highest BCUT2D eigenvalue weighted by molar-refractivity contribution is 7.81. The predicted octanol–water partition coefficient (Wildman–Crippen LogP) is 0.194. The number of H-pyrrole nitrogens is 1. The summed E-state index contributed by atoms with van der Waals surface area (Å²) in [7, 11) is 0. The van der Waals surface area contributed by atoms with Crippen LogP contribution in [-0.2, 0) is 16.1 Å². The number of carbonyl (C=O) groups is 3. The van der Waals surface area contributed by atoms with Crippen LogP contribution in [0.2, 0.25) is 0 Å². The maximum absolute atomic E-state index is 12.3. The summed E-state index contributed by atoms with van der Waals surface area (Å²) in [4.78, 5) is 60.8. The maximum Gasteiger partial charge on any atom is 0.326 e. The molecule has 0 radical (unpaired) electrons. The molecule has 33 heavy (non-hydrogen) atoms. The van der Waals surface area contributed by atoms with E-state index in [9.17, 15) is 19.2 Å². The lowest BCUT2D eigenvalue weighted by Crippen LogP contribution is -2.41.